The SMILES string of the molecule is COc1ccc2sc(N(Cc3ccccc3)C(=O)c3ccc([N+](=O)[O-])s3)nc2c1. The molecule has 29 heavy (non-hydrogen) atoms. The molecule has 0 atom stereocenters. The minimum atomic E-state index is -0.493. The lowest BCUT2D eigenvalue weighted by molar-refractivity contribution is -0.380. The maximum Gasteiger partial charge on any atom is 0.324 e. The molecule has 2 heterocycles. The van der Waals surface area contributed by atoms with Crippen LogP contribution < -0.4 is 9.64 Å². The van der Waals surface area contributed by atoms with Crippen LogP contribution in [0.1, 0.15) is 15.2 Å². The molecule has 0 aliphatic carbocycles. The van der Waals surface area contributed by atoms with Gasteiger partial charge in [0.05, 0.1) is 33.7 Å². The normalized spacial score (nSPS) is 10.8. The summed E-state index contributed by atoms with van der Waals surface area (Å²) in [6.45, 7) is 0.308. The molecule has 0 radical (unpaired) electrons. The van der Waals surface area contributed by atoms with Crippen LogP contribution in [-0.2, 0) is 6.54 Å². The van der Waals surface area contributed by atoms with Crippen molar-refractivity contribution in [2.75, 3.05) is 12.0 Å². The van der Waals surface area contributed by atoms with E-state index in [1.165, 1.54) is 23.5 Å². The first-order valence-electron chi connectivity index (χ1n) is 8.60. The largest absolute Gasteiger partial charge is 0.497 e. The first kappa shape index (κ1) is 19.0. The van der Waals surface area contributed by atoms with E-state index < -0.39 is 4.92 Å². The summed E-state index contributed by atoms with van der Waals surface area (Å²) in [5.41, 5.74) is 1.66. The molecular formula is C20H15N3O4S2. The Hall–Kier alpha value is -3.30. The van der Waals surface area contributed by atoms with Gasteiger partial charge in [-0.25, -0.2) is 4.98 Å². The summed E-state index contributed by atoms with van der Waals surface area (Å²) < 4.78 is 6.17. The molecule has 0 saturated carbocycles. The molecular weight excluding hydrogens is 410 g/mol. The molecule has 0 fully saturated rings. The lowest BCUT2D eigenvalue weighted by atomic mass is 10.2. The van der Waals surface area contributed by atoms with Crippen LogP contribution in [0.25, 0.3) is 10.2 Å². The lowest BCUT2D eigenvalue weighted by Gasteiger charge is -2.19. The molecule has 0 N–H and O–H groups in total. The third-order valence-electron chi connectivity index (χ3n) is 4.23. The van der Waals surface area contributed by atoms with Crippen LogP contribution in [0.5, 0.6) is 5.75 Å². The maximum atomic E-state index is 13.2. The minimum Gasteiger partial charge on any atom is -0.497 e. The molecule has 0 aliphatic heterocycles. The van der Waals surface area contributed by atoms with E-state index in [0.717, 1.165) is 27.1 Å². The van der Waals surface area contributed by atoms with Crippen LogP contribution in [0, 0.1) is 10.1 Å². The van der Waals surface area contributed by atoms with Crippen LogP contribution in [0.2, 0.25) is 0 Å². The van der Waals surface area contributed by atoms with Crippen molar-refractivity contribution in [1.82, 2.24) is 4.98 Å². The van der Waals surface area contributed by atoms with Crippen molar-refractivity contribution in [2.24, 2.45) is 0 Å². The highest BCUT2D eigenvalue weighted by Crippen LogP contribution is 2.34. The van der Waals surface area contributed by atoms with Gasteiger partial charge in [0.1, 0.15) is 5.75 Å². The van der Waals surface area contributed by atoms with E-state index in [-0.39, 0.29) is 10.9 Å². The third kappa shape index (κ3) is 3.96. The zero-order valence-corrected chi connectivity index (χ0v) is 16.9. The van der Waals surface area contributed by atoms with Crippen molar-refractivity contribution < 1.29 is 14.5 Å². The molecule has 1 amide bonds. The van der Waals surface area contributed by atoms with Gasteiger partial charge in [0.2, 0.25) is 0 Å². The average Bonchev–Trinajstić information content (AvgIpc) is 3.39. The number of nitro groups is 1. The lowest BCUT2D eigenvalue weighted by Crippen LogP contribution is -2.29. The molecule has 0 spiro atoms. The van der Waals surface area contributed by atoms with E-state index in [0.29, 0.717) is 22.3 Å². The number of hydrogen-bond donors (Lipinski definition) is 0. The molecule has 0 saturated heterocycles. The number of aromatic nitrogens is 1. The molecule has 146 valence electrons. The maximum absolute atomic E-state index is 13.2. The number of fused-ring (bicyclic) bond motifs is 1. The van der Waals surface area contributed by atoms with Crippen molar-refractivity contribution >= 4 is 48.9 Å². The Morgan fingerprint density at radius 3 is 2.62 bits per heavy atom. The number of methoxy groups -OCH3 is 1. The van der Waals surface area contributed by atoms with Crippen molar-refractivity contribution in [2.45, 2.75) is 6.54 Å². The number of rotatable bonds is 6. The van der Waals surface area contributed by atoms with Gasteiger partial charge in [0.25, 0.3) is 5.91 Å². The summed E-state index contributed by atoms with van der Waals surface area (Å²) in [5.74, 6) is 0.363. The molecule has 2 aromatic heterocycles. The fraction of sp³-hybridized carbons (Fsp3) is 0.100. The smallest absolute Gasteiger partial charge is 0.324 e. The van der Waals surface area contributed by atoms with Gasteiger partial charge in [-0.1, -0.05) is 53.0 Å². The summed E-state index contributed by atoms with van der Waals surface area (Å²) in [5, 5.41) is 11.5. The summed E-state index contributed by atoms with van der Waals surface area (Å²) in [7, 11) is 1.59. The number of nitrogens with zero attached hydrogens (tertiary/aromatic N) is 3. The Labute approximate surface area is 174 Å². The van der Waals surface area contributed by atoms with Crippen molar-refractivity contribution in [3.05, 3.63) is 81.2 Å². The minimum absolute atomic E-state index is 0.0675. The van der Waals surface area contributed by atoms with Crippen LogP contribution in [0.15, 0.2) is 60.7 Å². The number of benzene rings is 2. The van der Waals surface area contributed by atoms with Gasteiger partial charge in [-0.05, 0) is 23.8 Å². The molecule has 0 unspecified atom stereocenters. The molecule has 4 aromatic rings. The average molecular weight is 425 g/mol. The fourth-order valence-electron chi connectivity index (χ4n) is 2.80. The van der Waals surface area contributed by atoms with Gasteiger partial charge >= 0.3 is 5.00 Å². The topological polar surface area (TPSA) is 85.6 Å². The Morgan fingerprint density at radius 2 is 1.93 bits per heavy atom. The summed E-state index contributed by atoms with van der Waals surface area (Å²) >= 11 is 2.25. The number of thiazole rings is 1. The number of carbonyl (C=O) groups is 1. The molecule has 4 rings (SSSR count). The zero-order valence-electron chi connectivity index (χ0n) is 15.3. The Kier molecular flexibility index (Phi) is 5.24. The van der Waals surface area contributed by atoms with Gasteiger partial charge in [-0.15, -0.1) is 0 Å². The van der Waals surface area contributed by atoms with Crippen molar-refractivity contribution in [1.29, 1.82) is 0 Å². The fourth-order valence-corrected chi connectivity index (χ4v) is 4.52. The first-order chi connectivity index (χ1) is 14.0. The first-order valence-corrected chi connectivity index (χ1v) is 10.2. The van der Waals surface area contributed by atoms with Gasteiger partial charge in [-0.3, -0.25) is 19.8 Å². The van der Waals surface area contributed by atoms with Crippen LogP contribution in [0.3, 0.4) is 0 Å². The van der Waals surface area contributed by atoms with E-state index in [1.54, 1.807) is 12.0 Å². The van der Waals surface area contributed by atoms with Gasteiger partial charge in [-0.2, -0.15) is 0 Å². The molecule has 0 bridgehead atoms. The number of thiophene rings is 1. The predicted molar refractivity (Wildman–Crippen MR) is 114 cm³/mol. The molecule has 2 aromatic carbocycles. The van der Waals surface area contributed by atoms with E-state index in [2.05, 4.69) is 4.98 Å². The van der Waals surface area contributed by atoms with Crippen LogP contribution in [0.4, 0.5) is 10.1 Å². The Bertz CT molecular complexity index is 1190. The predicted octanol–water partition coefficient (Wildman–Crippen LogP) is 5.12. The second kappa shape index (κ2) is 7.98. The second-order valence-corrected chi connectivity index (χ2v) is 8.17. The van der Waals surface area contributed by atoms with Crippen molar-refractivity contribution in [3.63, 3.8) is 0 Å². The highest BCUT2D eigenvalue weighted by molar-refractivity contribution is 7.22. The van der Waals surface area contributed by atoms with Crippen LogP contribution >= 0.6 is 22.7 Å². The summed E-state index contributed by atoms with van der Waals surface area (Å²) in [4.78, 5) is 30.2. The molecule has 7 nitrogen and oxygen atoms in total. The van der Waals surface area contributed by atoms with E-state index >= 15 is 0 Å². The Balaban J connectivity index is 1.75. The van der Waals surface area contributed by atoms with Crippen molar-refractivity contribution in [3.8, 4) is 5.75 Å². The van der Waals surface area contributed by atoms with Gasteiger partial charge in [0.15, 0.2) is 5.13 Å². The van der Waals surface area contributed by atoms with E-state index in [9.17, 15) is 14.9 Å². The quantitative estimate of drug-likeness (QED) is 0.316. The van der Waals surface area contributed by atoms with Gasteiger partial charge < -0.3 is 4.74 Å². The van der Waals surface area contributed by atoms with E-state index in [1.807, 2.05) is 48.5 Å². The highest BCUT2D eigenvalue weighted by Gasteiger charge is 2.25. The zero-order chi connectivity index (χ0) is 20.4. The number of amides is 1. The third-order valence-corrected chi connectivity index (χ3v) is 6.31. The Morgan fingerprint density at radius 1 is 1.14 bits per heavy atom. The van der Waals surface area contributed by atoms with E-state index in [4.69, 9.17) is 4.74 Å². The van der Waals surface area contributed by atoms with Gasteiger partial charge in [0, 0.05) is 12.1 Å². The number of carbonyl (C=O) groups excluding carboxylic acids is 1. The van der Waals surface area contributed by atoms with Crippen LogP contribution in [-0.4, -0.2) is 22.9 Å². The standard InChI is InChI=1S/C20H15N3O4S2/c1-27-14-7-8-16-15(11-14)21-20(29-16)22(12-13-5-3-2-4-6-13)19(24)17-9-10-18(28-17)23(25)26/h2-11H,12H2,1H3. The number of ether oxygens (including phenoxy) is 1. The highest BCUT2D eigenvalue weighted by atomic mass is 32.1. The number of anilines is 1. The molecule has 9 heteroatoms. The second-order valence-electron chi connectivity index (χ2n) is 6.10. The summed E-state index contributed by atoms with van der Waals surface area (Å²) in [6.07, 6.45) is 0. The monoisotopic (exact) mass is 425 g/mol. The summed E-state index contributed by atoms with van der Waals surface area (Å²) in [6, 6.07) is 17.9. The number of hydrogen-bond acceptors (Lipinski definition) is 7. The molecule has 0 aliphatic rings.